The van der Waals surface area contributed by atoms with Crippen LogP contribution in [0.1, 0.15) is 5.56 Å². The SMILES string of the molecule is Cc1cc(Br)cc2c1OCC(=O)N2. The van der Waals surface area contributed by atoms with Crippen LogP contribution in [0.3, 0.4) is 0 Å². The number of anilines is 1. The van der Waals surface area contributed by atoms with E-state index in [4.69, 9.17) is 4.74 Å². The monoisotopic (exact) mass is 241 g/mol. The van der Waals surface area contributed by atoms with Gasteiger partial charge in [0, 0.05) is 4.47 Å². The number of hydrogen-bond donors (Lipinski definition) is 1. The van der Waals surface area contributed by atoms with Gasteiger partial charge in [-0.05, 0) is 24.6 Å². The summed E-state index contributed by atoms with van der Waals surface area (Å²) < 4.78 is 6.23. The predicted molar refractivity (Wildman–Crippen MR) is 53.0 cm³/mol. The summed E-state index contributed by atoms with van der Waals surface area (Å²) in [5.41, 5.74) is 1.76. The summed E-state index contributed by atoms with van der Waals surface area (Å²) in [7, 11) is 0. The zero-order valence-electron chi connectivity index (χ0n) is 7.06. The first-order valence-electron chi connectivity index (χ1n) is 3.89. The Bertz CT molecular complexity index is 376. The second-order valence-electron chi connectivity index (χ2n) is 2.94. The third-order valence-corrected chi connectivity index (χ3v) is 2.32. The lowest BCUT2D eigenvalue weighted by Crippen LogP contribution is -2.25. The molecule has 1 aliphatic rings. The van der Waals surface area contributed by atoms with E-state index in [1.165, 1.54) is 0 Å². The van der Waals surface area contributed by atoms with Crippen molar-refractivity contribution in [3.8, 4) is 5.75 Å². The quantitative estimate of drug-likeness (QED) is 0.756. The zero-order chi connectivity index (χ0) is 9.42. The van der Waals surface area contributed by atoms with Gasteiger partial charge in [0.1, 0.15) is 5.75 Å². The molecule has 0 atom stereocenters. The number of fused-ring (bicyclic) bond motifs is 1. The summed E-state index contributed by atoms with van der Waals surface area (Å²) >= 11 is 3.35. The summed E-state index contributed by atoms with van der Waals surface area (Å²) in [4.78, 5) is 11.0. The average molecular weight is 242 g/mol. The van der Waals surface area contributed by atoms with E-state index in [1.54, 1.807) is 0 Å². The first kappa shape index (κ1) is 8.56. The minimum absolute atomic E-state index is 0.106. The fourth-order valence-electron chi connectivity index (χ4n) is 1.34. The molecule has 1 aromatic rings. The Kier molecular flexibility index (Phi) is 2.00. The number of rotatable bonds is 0. The second kappa shape index (κ2) is 3.03. The first-order valence-corrected chi connectivity index (χ1v) is 4.69. The van der Waals surface area contributed by atoms with Crippen molar-refractivity contribution in [2.75, 3.05) is 11.9 Å². The molecule has 0 fully saturated rings. The maximum atomic E-state index is 11.0. The van der Waals surface area contributed by atoms with Crippen LogP contribution in [0.2, 0.25) is 0 Å². The van der Waals surface area contributed by atoms with Crippen molar-refractivity contribution < 1.29 is 9.53 Å². The van der Waals surface area contributed by atoms with Gasteiger partial charge in [-0.2, -0.15) is 0 Å². The van der Waals surface area contributed by atoms with Gasteiger partial charge in [0.05, 0.1) is 5.69 Å². The molecule has 68 valence electrons. The Morgan fingerprint density at radius 1 is 1.54 bits per heavy atom. The molecule has 1 amide bonds. The summed E-state index contributed by atoms with van der Waals surface area (Å²) in [5.74, 6) is 0.660. The molecule has 0 saturated carbocycles. The third-order valence-electron chi connectivity index (χ3n) is 1.86. The van der Waals surface area contributed by atoms with Crippen molar-refractivity contribution in [2.45, 2.75) is 6.92 Å². The van der Waals surface area contributed by atoms with Gasteiger partial charge in [0.25, 0.3) is 5.91 Å². The highest BCUT2D eigenvalue weighted by Crippen LogP contribution is 2.34. The lowest BCUT2D eigenvalue weighted by Gasteiger charge is -2.19. The summed E-state index contributed by atoms with van der Waals surface area (Å²) in [5, 5.41) is 2.75. The normalized spacial score (nSPS) is 14.5. The predicted octanol–water partition coefficient (Wildman–Crippen LogP) is 2.09. The van der Waals surface area contributed by atoms with Crippen LogP contribution >= 0.6 is 15.9 Å². The Hall–Kier alpha value is -1.03. The number of carbonyl (C=O) groups excluding carboxylic acids is 1. The van der Waals surface area contributed by atoms with Gasteiger partial charge in [-0.15, -0.1) is 0 Å². The smallest absolute Gasteiger partial charge is 0.262 e. The maximum Gasteiger partial charge on any atom is 0.262 e. The van der Waals surface area contributed by atoms with Crippen molar-refractivity contribution in [1.29, 1.82) is 0 Å². The Balaban J connectivity index is 2.53. The molecule has 0 aliphatic carbocycles. The Labute approximate surface area is 84.2 Å². The molecule has 1 aliphatic heterocycles. The first-order chi connectivity index (χ1) is 6.16. The van der Waals surface area contributed by atoms with Crippen LogP contribution in [0.5, 0.6) is 5.75 Å². The molecule has 0 aromatic heterocycles. The van der Waals surface area contributed by atoms with Gasteiger partial charge in [-0.1, -0.05) is 15.9 Å². The molecule has 2 rings (SSSR count). The molecule has 1 heterocycles. The largest absolute Gasteiger partial charge is 0.481 e. The Morgan fingerprint density at radius 3 is 3.08 bits per heavy atom. The van der Waals surface area contributed by atoms with Crippen molar-refractivity contribution in [3.63, 3.8) is 0 Å². The Morgan fingerprint density at radius 2 is 2.31 bits per heavy atom. The highest BCUT2D eigenvalue weighted by molar-refractivity contribution is 9.10. The minimum atomic E-state index is -0.106. The van der Waals surface area contributed by atoms with Crippen molar-refractivity contribution in [3.05, 3.63) is 22.2 Å². The van der Waals surface area contributed by atoms with Crippen LogP contribution in [0, 0.1) is 6.92 Å². The van der Waals surface area contributed by atoms with Gasteiger partial charge in [0.15, 0.2) is 6.61 Å². The topological polar surface area (TPSA) is 38.3 Å². The summed E-state index contributed by atoms with van der Waals surface area (Å²) in [6.45, 7) is 2.05. The van der Waals surface area contributed by atoms with E-state index < -0.39 is 0 Å². The highest BCUT2D eigenvalue weighted by atomic mass is 79.9. The van der Waals surface area contributed by atoms with E-state index in [1.807, 2.05) is 19.1 Å². The molecule has 4 heteroatoms. The van der Waals surface area contributed by atoms with E-state index >= 15 is 0 Å². The maximum absolute atomic E-state index is 11.0. The van der Waals surface area contributed by atoms with E-state index in [2.05, 4.69) is 21.2 Å². The summed E-state index contributed by atoms with van der Waals surface area (Å²) in [6, 6.07) is 3.79. The van der Waals surface area contributed by atoms with Gasteiger partial charge >= 0.3 is 0 Å². The van der Waals surface area contributed by atoms with Crippen molar-refractivity contribution in [1.82, 2.24) is 0 Å². The highest BCUT2D eigenvalue weighted by Gasteiger charge is 2.17. The molecule has 0 unspecified atom stereocenters. The van der Waals surface area contributed by atoms with Gasteiger partial charge in [-0.25, -0.2) is 0 Å². The second-order valence-corrected chi connectivity index (χ2v) is 3.85. The molecule has 0 spiro atoms. The van der Waals surface area contributed by atoms with Crippen molar-refractivity contribution >= 4 is 27.5 Å². The fraction of sp³-hybridized carbons (Fsp3) is 0.222. The van der Waals surface area contributed by atoms with Crippen LogP contribution in [-0.4, -0.2) is 12.5 Å². The number of amides is 1. The molecule has 0 radical (unpaired) electrons. The summed E-state index contributed by atoms with van der Waals surface area (Å²) in [6.07, 6.45) is 0. The number of halogens is 1. The van der Waals surface area contributed by atoms with Gasteiger partial charge in [-0.3, -0.25) is 4.79 Å². The number of benzene rings is 1. The number of ether oxygens (including phenoxy) is 1. The van der Waals surface area contributed by atoms with E-state index in [0.29, 0.717) is 0 Å². The molecule has 1 aromatic carbocycles. The van der Waals surface area contributed by atoms with Crippen LogP contribution in [0.4, 0.5) is 5.69 Å². The third kappa shape index (κ3) is 1.54. The van der Waals surface area contributed by atoms with Crippen LogP contribution in [0.15, 0.2) is 16.6 Å². The van der Waals surface area contributed by atoms with Crippen LogP contribution < -0.4 is 10.1 Å². The molecule has 0 saturated heterocycles. The van der Waals surface area contributed by atoms with Gasteiger partial charge in [0.2, 0.25) is 0 Å². The standard InChI is InChI=1S/C9H8BrNO2/c1-5-2-6(10)3-7-9(5)13-4-8(12)11-7/h2-3H,4H2,1H3,(H,11,12). The number of hydrogen-bond acceptors (Lipinski definition) is 2. The molecule has 0 bridgehead atoms. The molecular formula is C9H8BrNO2. The molecule has 3 nitrogen and oxygen atoms in total. The van der Waals surface area contributed by atoms with E-state index in [-0.39, 0.29) is 12.5 Å². The van der Waals surface area contributed by atoms with Crippen LogP contribution in [0.25, 0.3) is 0 Å². The number of aryl methyl sites for hydroxylation is 1. The van der Waals surface area contributed by atoms with E-state index in [9.17, 15) is 4.79 Å². The molecule has 1 N–H and O–H groups in total. The van der Waals surface area contributed by atoms with E-state index in [0.717, 1.165) is 21.5 Å². The lowest BCUT2D eigenvalue weighted by atomic mass is 10.2. The number of nitrogens with one attached hydrogen (secondary N) is 1. The van der Waals surface area contributed by atoms with Gasteiger partial charge < -0.3 is 10.1 Å². The zero-order valence-corrected chi connectivity index (χ0v) is 8.64. The lowest BCUT2D eigenvalue weighted by molar-refractivity contribution is -0.118. The number of carbonyl (C=O) groups is 1. The average Bonchev–Trinajstić information content (AvgIpc) is 2.02. The molecule has 13 heavy (non-hydrogen) atoms. The molecular weight excluding hydrogens is 234 g/mol. The minimum Gasteiger partial charge on any atom is -0.481 e. The van der Waals surface area contributed by atoms with Crippen molar-refractivity contribution in [2.24, 2.45) is 0 Å². The van der Waals surface area contributed by atoms with Crippen LogP contribution in [-0.2, 0) is 4.79 Å². The fourth-order valence-corrected chi connectivity index (χ4v) is 1.91.